The second-order valence-corrected chi connectivity index (χ2v) is 6.09. The predicted molar refractivity (Wildman–Crippen MR) is 74.2 cm³/mol. The highest BCUT2D eigenvalue weighted by Crippen LogP contribution is 2.37. The van der Waals surface area contributed by atoms with Gasteiger partial charge < -0.3 is 5.32 Å². The number of halogens is 1. The van der Waals surface area contributed by atoms with Crippen LogP contribution in [0.25, 0.3) is 0 Å². The third-order valence-electron chi connectivity index (χ3n) is 4.37. The van der Waals surface area contributed by atoms with Crippen LogP contribution in [0.1, 0.15) is 45.1 Å². The molecule has 0 spiro atoms. The Morgan fingerprint density at radius 1 is 1.28 bits per heavy atom. The molecule has 0 bridgehead atoms. The van der Waals surface area contributed by atoms with Crippen molar-refractivity contribution in [3.8, 4) is 0 Å². The van der Waals surface area contributed by atoms with Gasteiger partial charge in [-0.1, -0.05) is 38.8 Å². The first kappa shape index (κ1) is 13.5. The van der Waals surface area contributed by atoms with E-state index in [1.54, 1.807) is 12.1 Å². The van der Waals surface area contributed by atoms with Gasteiger partial charge >= 0.3 is 0 Å². The molecule has 1 nitrogen and oxygen atoms in total. The Bertz CT molecular complexity index is 379. The zero-order chi connectivity index (χ0) is 13.2. The van der Waals surface area contributed by atoms with Crippen LogP contribution in [-0.4, -0.2) is 13.1 Å². The Balaban J connectivity index is 2.07. The zero-order valence-corrected chi connectivity index (χ0v) is 11.7. The van der Waals surface area contributed by atoms with Crippen molar-refractivity contribution in [2.24, 2.45) is 5.92 Å². The van der Waals surface area contributed by atoms with Crippen LogP contribution in [0.4, 0.5) is 4.39 Å². The molecule has 0 radical (unpaired) electrons. The molecule has 0 heterocycles. The van der Waals surface area contributed by atoms with E-state index in [0.717, 1.165) is 5.92 Å². The maximum atomic E-state index is 13.0. The van der Waals surface area contributed by atoms with E-state index in [9.17, 15) is 4.39 Å². The largest absolute Gasteiger partial charge is 0.316 e. The van der Waals surface area contributed by atoms with Crippen molar-refractivity contribution in [3.63, 3.8) is 0 Å². The molecule has 1 unspecified atom stereocenters. The molecular weight excluding hydrogens is 225 g/mol. The van der Waals surface area contributed by atoms with E-state index in [1.807, 2.05) is 19.2 Å². The van der Waals surface area contributed by atoms with Crippen LogP contribution in [0, 0.1) is 11.7 Å². The highest BCUT2D eigenvalue weighted by Gasteiger charge is 2.32. The molecule has 1 fully saturated rings. The van der Waals surface area contributed by atoms with Crippen LogP contribution >= 0.6 is 0 Å². The van der Waals surface area contributed by atoms with Gasteiger partial charge in [0.1, 0.15) is 5.82 Å². The van der Waals surface area contributed by atoms with Crippen LogP contribution in [0.15, 0.2) is 24.3 Å². The van der Waals surface area contributed by atoms with E-state index in [0.29, 0.717) is 6.04 Å². The van der Waals surface area contributed by atoms with E-state index in [-0.39, 0.29) is 11.2 Å². The molecule has 1 atom stereocenters. The Labute approximate surface area is 110 Å². The summed E-state index contributed by atoms with van der Waals surface area (Å²) in [5.74, 6) is 0.804. The van der Waals surface area contributed by atoms with Crippen molar-refractivity contribution in [2.45, 2.75) is 51.0 Å². The molecule has 0 aromatic heterocycles. The van der Waals surface area contributed by atoms with Gasteiger partial charge in [-0.15, -0.1) is 0 Å². The minimum Gasteiger partial charge on any atom is -0.316 e. The molecule has 0 aliphatic heterocycles. The molecule has 18 heavy (non-hydrogen) atoms. The summed E-state index contributed by atoms with van der Waals surface area (Å²) in [5, 5.41) is 3.44. The lowest BCUT2D eigenvalue weighted by molar-refractivity contribution is 0.328. The summed E-state index contributed by atoms with van der Waals surface area (Å²) in [4.78, 5) is 0. The molecule has 1 saturated carbocycles. The topological polar surface area (TPSA) is 12.0 Å². The lowest BCUT2D eigenvalue weighted by Crippen LogP contribution is -2.43. The normalized spacial score (nSPS) is 17.8. The van der Waals surface area contributed by atoms with Gasteiger partial charge in [0, 0.05) is 11.5 Å². The fourth-order valence-electron chi connectivity index (χ4n) is 2.76. The second-order valence-electron chi connectivity index (χ2n) is 6.09. The Kier molecular flexibility index (Phi) is 4.06. The monoisotopic (exact) mass is 249 g/mol. The van der Waals surface area contributed by atoms with Crippen LogP contribution in [0.5, 0.6) is 0 Å². The average Bonchev–Trinajstić information content (AvgIpc) is 3.14. The summed E-state index contributed by atoms with van der Waals surface area (Å²) >= 11 is 0. The van der Waals surface area contributed by atoms with Crippen LogP contribution in [0.3, 0.4) is 0 Å². The van der Waals surface area contributed by atoms with Gasteiger partial charge in [-0.25, -0.2) is 4.39 Å². The number of rotatable bonds is 6. The minimum absolute atomic E-state index is 0.0390. The smallest absolute Gasteiger partial charge is 0.123 e. The zero-order valence-electron chi connectivity index (χ0n) is 11.7. The molecule has 1 N–H and O–H groups in total. The summed E-state index contributed by atoms with van der Waals surface area (Å²) < 4.78 is 13.0. The van der Waals surface area contributed by atoms with E-state index >= 15 is 0 Å². The first-order valence-electron chi connectivity index (χ1n) is 6.97. The van der Waals surface area contributed by atoms with E-state index in [4.69, 9.17) is 0 Å². The maximum absolute atomic E-state index is 13.0. The molecule has 1 aliphatic carbocycles. The standard InChI is InChI=1S/C16H24FN/c1-16(2,13-7-9-14(17)10-8-13)15(18-3)11-6-12-4-5-12/h7-10,12,15,18H,4-6,11H2,1-3H3. The molecular formula is C16H24FN. The molecule has 2 heteroatoms. The van der Waals surface area contributed by atoms with Crippen LogP contribution in [0.2, 0.25) is 0 Å². The predicted octanol–water partition coefficient (Wildman–Crippen LogP) is 3.88. The fraction of sp³-hybridized carbons (Fsp3) is 0.625. The Hall–Kier alpha value is -0.890. The van der Waals surface area contributed by atoms with Gasteiger partial charge in [0.05, 0.1) is 0 Å². The highest BCUT2D eigenvalue weighted by molar-refractivity contribution is 5.26. The molecule has 0 amide bonds. The van der Waals surface area contributed by atoms with E-state index in [2.05, 4.69) is 19.2 Å². The Morgan fingerprint density at radius 2 is 1.89 bits per heavy atom. The number of benzene rings is 1. The molecule has 2 rings (SSSR count). The first-order valence-corrected chi connectivity index (χ1v) is 6.97. The van der Waals surface area contributed by atoms with Crippen molar-refractivity contribution < 1.29 is 4.39 Å². The summed E-state index contributed by atoms with van der Waals surface area (Å²) in [6.07, 6.45) is 5.34. The molecule has 1 aliphatic rings. The van der Waals surface area contributed by atoms with Crippen LogP contribution < -0.4 is 5.32 Å². The van der Waals surface area contributed by atoms with E-state index in [1.165, 1.54) is 31.2 Å². The van der Waals surface area contributed by atoms with Gasteiger partial charge in [0.15, 0.2) is 0 Å². The van der Waals surface area contributed by atoms with Gasteiger partial charge in [0.25, 0.3) is 0 Å². The van der Waals surface area contributed by atoms with Crippen molar-refractivity contribution in [1.29, 1.82) is 0 Å². The molecule has 100 valence electrons. The summed E-state index contributed by atoms with van der Waals surface area (Å²) in [7, 11) is 2.03. The minimum atomic E-state index is -0.159. The van der Waals surface area contributed by atoms with Gasteiger partial charge in [-0.2, -0.15) is 0 Å². The van der Waals surface area contributed by atoms with Crippen molar-refractivity contribution in [3.05, 3.63) is 35.6 Å². The van der Waals surface area contributed by atoms with Crippen molar-refractivity contribution >= 4 is 0 Å². The molecule has 1 aromatic carbocycles. The molecule has 0 saturated heterocycles. The lowest BCUT2D eigenvalue weighted by atomic mass is 9.76. The maximum Gasteiger partial charge on any atom is 0.123 e. The van der Waals surface area contributed by atoms with E-state index < -0.39 is 0 Å². The number of likely N-dealkylation sites (N-methyl/N-ethyl adjacent to an activating group) is 1. The third-order valence-corrected chi connectivity index (χ3v) is 4.37. The van der Waals surface area contributed by atoms with Crippen LogP contribution in [-0.2, 0) is 5.41 Å². The Morgan fingerprint density at radius 3 is 2.39 bits per heavy atom. The molecule has 1 aromatic rings. The summed E-state index contributed by atoms with van der Waals surface area (Å²) in [5.41, 5.74) is 1.25. The number of hydrogen-bond donors (Lipinski definition) is 1. The quantitative estimate of drug-likeness (QED) is 0.806. The highest BCUT2D eigenvalue weighted by atomic mass is 19.1. The number of hydrogen-bond acceptors (Lipinski definition) is 1. The average molecular weight is 249 g/mol. The van der Waals surface area contributed by atoms with Gasteiger partial charge in [-0.3, -0.25) is 0 Å². The summed E-state index contributed by atoms with van der Waals surface area (Å²) in [6.45, 7) is 4.49. The third kappa shape index (κ3) is 3.11. The number of nitrogens with one attached hydrogen (secondary N) is 1. The first-order chi connectivity index (χ1) is 8.54. The lowest BCUT2D eigenvalue weighted by Gasteiger charge is -2.35. The van der Waals surface area contributed by atoms with Gasteiger partial charge in [-0.05, 0) is 43.5 Å². The fourth-order valence-corrected chi connectivity index (χ4v) is 2.76. The summed E-state index contributed by atoms with van der Waals surface area (Å²) in [6, 6.07) is 7.40. The van der Waals surface area contributed by atoms with Crippen molar-refractivity contribution in [2.75, 3.05) is 7.05 Å². The van der Waals surface area contributed by atoms with Gasteiger partial charge in [0.2, 0.25) is 0 Å². The second kappa shape index (κ2) is 5.40. The SMILES string of the molecule is CNC(CCC1CC1)C(C)(C)c1ccc(F)cc1. The van der Waals surface area contributed by atoms with Crippen molar-refractivity contribution in [1.82, 2.24) is 5.32 Å².